The highest BCUT2D eigenvalue weighted by Gasteiger charge is 2.21. The summed E-state index contributed by atoms with van der Waals surface area (Å²) in [7, 11) is 0. The minimum absolute atomic E-state index is 0.459. The first-order valence-corrected chi connectivity index (χ1v) is 9.56. The second kappa shape index (κ2) is 7.63. The molecule has 0 bridgehead atoms. The Labute approximate surface area is 144 Å². The Morgan fingerprint density at radius 2 is 1.79 bits per heavy atom. The zero-order valence-corrected chi connectivity index (χ0v) is 14.9. The van der Waals surface area contributed by atoms with Gasteiger partial charge in [0.1, 0.15) is 0 Å². The van der Waals surface area contributed by atoms with E-state index in [9.17, 15) is 8.78 Å². The first kappa shape index (κ1) is 17.4. The second-order valence-electron chi connectivity index (χ2n) is 7.36. The highest BCUT2D eigenvalue weighted by atomic mass is 19.2. The van der Waals surface area contributed by atoms with Crippen molar-refractivity contribution in [1.82, 2.24) is 0 Å². The summed E-state index contributed by atoms with van der Waals surface area (Å²) in [6, 6.07) is 5.88. The van der Waals surface area contributed by atoms with Crippen LogP contribution in [0.5, 0.6) is 0 Å². The minimum Gasteiger partial charge on any atom is -0.203 e. The van der Waals surface area contributed by atoms with Crippen molar-refractivity contribution in [3.05, 3.63) is 46.5 Å². The van der Waals surface area contributed by atoms with Crippen LogP contribution in [0.1, 0.15) is 69.1 Å². The Bertz CT molecular complexity index is 718. The Hall–Kier alpha value is -1.44. The third kappa shape index (κ3) is 3.48. The van der Waals surface area contributed by atoms with Gasteiger partial charge >= 0.3 is 0 Å². The number of fused-ring (bicyclic) bond motifs is 2. The number of unbranched alkanes of at least 4 members (excludes halogenated alkanes) is 2. The summed E-state index contributed by atoms with van der Waals surface area (Å²) in [5.41, 5.74) is 3.08. The summed E-state index contributed by atoms with van der Waals surface area (Å²) in [6.07, 6.45) is 9.83. The van der Waals surface area contributed by atoms with Gasteiger partial charge in [-0.1, -0.05) is 52.0 Å². The monoisotopic (exact) mass is 330 g/mol. The molecule has 0 N–H and O–H groups in total. The number of halogens is 2. The van der Waals surface area contributed by atoms with Crippen molar-refractivity contribution in [2.24, 2.45) is 5.92 Å². The Kier molecular flexibility index (Phi) is 5.53. The lowest BCUT2D eigenvalue weighted by molar-refractivity contribution is 0.408. The highest BCUT2D eigenvalue weighted by molar-refractivity contribution is 5.86. The molecule has 24 heavy (non-hydrogen) atoms. The molecule has 0 fully saturated rings. The quantitative estimate of drug-likeness (QED) is 0.513. The zero-order chi connectivity index (χ0) is 17.1. The predicted molar refractivity (Wildman–Crippen MR) is 97.5 cm³/mol. The first-order chi connectivity index (χ1) is 11.6. The fourth-order valence-electron chi connectivity index (χ4n) is 4.10. The van der Waals surface area contributed by atoms with E-state index in [1.165, 1.54) is 43.2 Å². The maximum absolute atomic E-state index is 14.5. The molecule has 0 saturated carbocycles. The first-order valence-electron chi connectivity index (χ1n) is 9.56. The molecular formula is C22H28F2. The van der Waals surface area contributed by atoms with Crippen LogP contribution in [0.15, 0.2) is 18.2 Å². The molecule has 0 nitrogen and oxygen atoms in total. The van der Waals surface area contributed by atoms with E-state index >= 15 is 0 Å². The Balaban J connectivity index is 1.91. The minimum atomic E-state index is -0.660. The van der Waals surface area contributed by atoms with Gasteiger partial charge in [-0.25, -0.2) is 8.78 Å². The van der Waals surface area contributed by atoms with Crippen LogP contribution in [-0.2, 0) is 19.3 Å². The summed E-state index contributed by atoms with van der Waals surface area (Å²) in [5, 5.41) is 1.32. The van der Waals surface area contributed by atoms with Crippen LogP contribution < -0.4 is 0 Å². The molecule has 2 aromatic rings. The fourth-order valence-corrected chi connectivity index (χ4v) is 4.10. The zero-order valence-electron chi connectivity index (χ0n) is 14.9. The van der Waals surface area contributed by atoms with Gasteiger partial charge in [0.15, 0.2) is 11.6 Å². The van der Waals surface area contributed by atoms with E-state index in [0.29, 0.717) is 23.3 Å². The average molecular weight is 330 g/mol. The van der Waals surface area contributed by atoms with Crippen LogP contribution in [0.25, 0.3) is 10.8 Å². The summed E-state index contributed by atoms with van der Waals surface area (Å²) >= 11 is 0. The SMILES string of the molecule is CCCCCC1CCc2cc3cc(CCC)c(F)c(F)c3cc2C1. The average Bonchev–Trinajstić information content (AvgIpc) is 2.59. The molecule has 1 aliphatic carbocycles. The number of aryl methyl sites for hydroxylation is 2. The van der Waals surface area contributed by atoms with Crippen LogP contribution >= 0.6 is 0 Å². The molecule has 3 rings (SSSR count). The topological polar surface area (TPSA) is 0 Å². The van der Waals surface area contributed by atoms with Crippen molar-refractivity contribution in [2.75, 3.05) is 0 Å². The van der Waals surface area contributed by atoms with Gasteiger partial charge in [0.05, 0.1) is 0 Å². The summed E-state index contributed by atoms with van der Waals surface area (Å²) < 4.78 is 28.8. The van der Waals surface area contributed by atoms with Crippen LogP contribution in [0.3, 0.4) is 0 Å². The van der Waals surface area contributed by atoms with Gasteiger partial charge in [0.25, 0.3) is 0 Å². The van der Waals surface area contributed by atoms with Crippen LogP contribution in [-0.4, -0.2) is 0 Å². The number of rotatable bonds is 6. The van der Waals surface area contributed by atoms with Crippen molar-refractivity contribution >= 4 is 10.8 Å². The molecule has 0 aromatic heterocycles. The molecule has 0 spiro atoms. The number of hydrogen-bond donors (Lipinski definition) is 0. The third-order valence-corrected chi connectivity index (χ3v) is 5.48. The smallest absolute Gasteiger partial charge is 0.166 e. The third-order valence-electron chi connectivity index (χ3n) is 5.48. The van der Waals surface area contributed by atoms with Gasteiger partial charge in [-0.15, -0.1) is 0 Å². The molecule has 130 valence electrons. The maximum Gasteiger partial charge on any atom is 0.166 e. The fraction of sp³-hybridized carbons (Fsp3) is 0.545. The predicted octanol–water partition coefficient (Wildman–Crippen LogP) is 6.76. The molecule has 1 aliphatic rings. The number of hydrogen-bond acceptors (Lipinski definition) is 0. The maximum atomic E-state index is 14.5. The summed E-state index contributed by atoms with van der Waals surface area (Å²) in [5.74, 6) is -0.611. The highest BCUT2D eigenvalue weighted by Crippen LogP contribution is 2.34. The Morgan fingerprint density at radius 1 is 0.958 bits per heavy atom. The second-order valence-corrected chi connectivity index (χ2v) is 7.36. The summed E-state index contributed by atoms with van der Waals surface area (Å²) in [4.78, 5) is 0. The van der Waals surface area contributed by atoms with E-state index in [4.69, 9.17) is 0 Å². The van der Waals surface area contributed by atoms with Gasteiger partial charge in [0, 0.05) is 5.39 Å². The molecular weight excluding hydrogens is 302 g/mol. The summed E-state index contributed by atoms with van der Waals surface area (Å²) in [6.45, 7) is 4.22. The van der Waals surface area contributed by atoms with Gasteiger partial charge in [-0.3, -0.25) is 0 Å². The van der Waals surface area contributed by atoms with Crippen molar-refractivity contribution in [3.8, 4) is 0 Å². The largest absolute Gasteiger partial charge is 0.203 e. The molecule has 1 unspecified atom stereocenters. The van der Waals surface area contributed by atoms with Gasteiger partial charge in [-0.05, 0) is 65.8 Å². The van der Waals surface area contributed by atoms with Crippen molar-refractivity contribution < 1.29 is 8.78 Å². The molecule has 2 heteroatoms. The van der Waals surface area contributed by atoms with Crippen LogP contribution in [0.4, 0.5) is 8.78 Å². The van der Waals surface area contributed by atoms with E-state index in [0.717, 1.165) is 24.6 Å². The molecule has 0 aliphatic heterocycles. The van der Waals surface area contributed by atoms with E-state index in [-0.39, 0.29) is 0 Å². The van der Waals surface area contributed by atoms with Gasteiger partial charge < -0.3 is 0 Å². The van der Waals surface area contributed by atoms with E-state index in [1.807, 2.05) is 19.1 Å². The lowest BCUT2D eigenvalue weighted by Crippen LogP contribution is -2.14. The van der Waals surface area contributed by atoms with E-state index in [2.05, 4.69) is 13.0 Å². The van der Waals surface area contributed by atoms with Crippen LogP contribution in [0, 0.1) is 17.6 Å². The normalized spacial score (nSPS) is 17.2. The molecule has 0 saturated heterocycles. The number of benzene rings is 2. The lowest BCUT2D eigenvalue weighted by Gasteiger charge is -2.25. The molecule has 2 aromatic carbocycles. The van der Waals surface area contributed by atoms with Crippen LogP contribution in [0.2, 0.25) is 0 Å². The van der Waals surface area contributed by atoms with E-state index < -0.39 is 11.6 Å². The van der Waals surface area contributed by atoms with Gasteiger partial charge in [0.2, 0.25) is 0 Å². The standard InChI is InChI=1S/C22H28F2/c1-3-5-6-8-15-9-10-16-12-19-13-17(7-4-2)21(23)22(24)20(19)14-18(16)11-15/h12-15H,3-11H2,1-2H3. The van der Waals surface area contributed by atoms with Crippen molar-refractivity contribution in [3.63, 3.8) is 0 Å². The van der Waals surface area contributed by atoms with E-state index in [1.54, 1.807) is 0 Å². The molecule has 1 atom stereocenters. The van der Waals surface area contributed by atoms with Crippen molar-refractivity contribution in [1.29, 1.82) is 0 Å². The Morgan fingerprint density at radius 3 is 2.54 bits per heavy atom. The van der Waals surface area contributed by atoms with Gasteiger partial charge in [-0.2, -0.15) is 0 Å². The molecule has 0 heterocycles. The van der Waals surface area contributed by atoms with Crippen molar-refractivity contribution in [2.45, 2.75) is 71.6 Å². The lowest BCUT2D eigenvalue weighted by atomic mass is 9.80. The molecule has 0 amide bonds. The molecule has 0 radical (unpaired) electrons.